The summed E-state index contributed by atoms with van der Waals surface area (Å²) in [6, 6.07) is -1.35. The molecule has 20 heavy (non-hydrogen) atoms. The molecule has 9 heteroatoms. The number of imide groups is 1. The van der Waals surface area contributed by atoms with Crippen molar-refractivity contribution in [2.24, 2.45) is 0 Å². The van der Waals surface area contributed by atoms with Crippen LogP contribution in [0.1, 0.15) is 27.6 Å². The smallest absolute Gasteiger partial charge is 0.263 e. The number of rotatable bonds is 2. The van der Waals surface area contributed by atoms with Crippen LogP contribution < -0.4 is 5.11 Å². The predicted octanol–water partition coefficient (Wildman–Crippen LogP) is 2.47. The molecule has 1 aliphatic rings. The zero-order valence-corrected chi connectivity index (χ0v) is 16.0. The predicted molar refractivity (Wildman–Crippen MR) is 82.2 cm³/mol. The van der Waals surface area contributed by atoms with Gasteiger partial charge in [-0.2, -0.15) is 0 Å². The molecule has 1 unspecified atom stereocenters. The monoisotopic (exact) mass is 530 g/mol. The Kier molecular flexibility index (Phi) is 4.44. The van der Waals surface area contributed by atoms with E-state index in [9.17, 15) is 19.5 Å². The molecule has 0 bridgehead atoms. The Morgan fingerprint density at radius 3 is 1.60 bits per heavy atom. The molecule has 1 aromatic carbocycles. The molecular weight excluding hydrogens is 530 g/mol. The van der Waals surface area contributed by atoms with E-state index in [2.05, 4.69) is 63.7 Å². The molecule has 106 valence electrons. The standard InChI is InChI=1S/C11H5Br4NO4/c1-2(11(19)20)16-9(17)3-4(10(16)18)6(13)8(15)7(14)5(3)12/h2H,1H3,(H,19,20)/p-1. The van der Waals surface area contributed by atoms with Crippen LogP contribution in [0.3, 0.4) is 0 Å². The van der Waals surface area contributed by atoms with Crippen LogP contribution in [-0.4, -0.2) is 28.7 Å². The number of carbonyl (C=O) groups excluding carboxylic acids is 3. The maximum atomic E-state index is 12.3. The Morgan fingerprint density at radius 1 is 0.950 bits per heavy atom. The molecule has 0 aliphatic carbocycles. The van der Waals surface area contributed by atoms with E-state index >= 15 is 0 Å². The number of carboxylic acids is 1. The first kappa shape index (κ1) is 16.1. The zero-order valence-electron chi connectivity index (χ0n) is 9.67. The van der Waals surface area contributed by atoms with E-state index in [0.29, 0.717) is 22.8 Å². The molecule has 1 aliphatic heterocycles. The molecule has 1 heterocycles. The van der Waals surface area contributed by atoms with Crippen molar-refractivity contribution in [3.63, 3.8) is 0 Å². The van der Waals surface area contributed by atoms with Gasteiger partial charge in [0.1, 0.15) is 0 Å². The average molecular weight is 534 g/mol. The second-order valence-electron chi connectivity index (χ2n) is 3.98. The molecule has 0 saturated heterocycles. The number of hydrogen-bond donors (Lipinski definition) is 0. The summed E-state index contributed by atoms with van der Waals surface area (Å²) in [5.41, 5.74) is 0.232. The van der Waals surface area contributed by atoms with E-state index in [4.69, 9.17) is 0 Å². The summed E-state index contributed by atoms with van der Waals surface area (Å²) in [5.74, 6) is -2.85. The van der Waals surface area contributed by atoms with Crippen molar-refractivity contribution in [3.05, 3.63) is 29.0 Å². The van der Waals surface area contributed by atoms with Gasteiger partial charge in [-0.3, -0.25) is 14.5 Å². The summed E-state index contributed by atoms with van der Waals surface area (Å²) < 4.78 is 1.86. The molecule has 0 saturated carbocycles. The normalized spacial score (nSPS) is 15.6. The molecule has 5 nitrogen and oxygen atoms in total. The fourth-order valence-corrected chi connectivity index (χ4v) is 4.28. The summed E-state index contributed by atoms with van der Waals surface area (Å²) in [7, 11) is 0. The summed E-state index contributed by atoms with van der Waals surface area (Å²) in [6.07, 6.45) is 0. The fourth-order valence-electron chi connectivity index (χ4n) is 1.82. The largest absolute Gasteiger partial charge is 0.548 e. The third-order valence-electron chi connectivity index (χ3n) is 2.86. The van der Waals surface area contributed by atoms with E-state index in [1.807, 2.05) is 0 Å². The van der Waals surface area contributed by atoms with Crippen LogP contribution >= 0.6 is 63.7 Å². The lowest BCUT2D eigenvalue weighted by Crippen LogP contribution is -2.48. The molecule has 0 aromatic heterocycles. The summed E-state index contributed by atoms with van der Waals surface area (Å²) in [4.78, 5) is 36.2. The first-order valence-corrected chi connectivity index (χ1v) is 8.32. The Bertz CT molecular complexity index is 626. The third kappa shape index (κ3) is 2.18. The molecular formula is C11H4Br4NO4-. The van der Waals surface area contributed by atoms with Gasteiger partial charge in [0.05, 0.1) is 23.1 Å². The highest BCUT2D eigenvalue weighted by atomic mass is 79.9. The molecule has 1 atom stereocenters. The van der Waals surface area contributed by atoms with Gasteiger partial charge in [0, 0.05) is 17.9 Å². The van der Waals surface area contributed by atoms with Crippen molar-refractivity contribution in [3.8, 4) is 0 Å². The lowest BCUT2D eigenvalue weighted by atomic mass is 10.1. The number of aliphatic carboxylic acids is 1. The van der Waals surface area contributed by atoms with Gasteiger partial charge in [0.25, 0.3) is 11.8 Å². The van der Waals surface area contributed by atoms with Crippen LogP contribution in [0.15, 0.2) is 17.9 Å². The number of amides is 2. The van der Waals surface area contributed by atoms with Crippen molar-refractivity contribution < 1.29 is 19.5 Å². The topological polar surface area (TPSA) is 77.5 Å². The number of fused-ring (bicyclic) bond motifs is 1. The summed E-state index contributed by atoms with van der Waals surface area (Å²) in [5, 5.41) is 10.9. The summed E-state index contributed by atoms with van der Waals surface area (Å²) in [6.45, 7) is 1.23. The molecule has 2 rings (SSSR count). The van der Waals surface area contributed by atoms with Gasteiger partial charge >= 0.3 is 0 Å². The van der Waals surface area contributed by atoms with Crippen LogP contribution in [0.5, 0.6) is 0 Å². The van der Waals surface area contributed by atoms with Crippen molar-refractivity contribution in [2.75, 3.05) is 0 Å². The Labute approximate surface area is 147 Å². The Morgan fingerprint density at radius 2 is 1.30 bits per heavy atom. The number of carboxylic acid groups (broad SMARTS) is 1. The number of carbonyl (C=O) groups is 3. The highest BCUT2D eigenvalue weighted by Crippen LogP contribution is 2.45. The van der Waals surface area contributed by atoms with Gasteiger partial charge in [-0.15, -0.1) is 0 Å². The first-order valence-electron chi connectivity index (χ1n) is 5.14. The van der Waals surface area contributed by atoms with Gasteiger partial charge in [0.2, 0.25) is 0 Å². The number of benzene rings is 1. The van der Waals surface area contributed by atoms with Gasteiger partial charge in [0.15, 0.2) is 0 Å². The van der Waals surface area contributed by atoms with Crippen LogP contribution in [0.2, 0.25) is 0 Å². The van der Waals surface area contributed by atoms with Crippen molar-refractivity contribution in [2.45, 2.75) is 13.0 Å². The summed E-state index contributed by atoms with van der Waals surface area (Å²) >= 11 is 13.0. The minimum atomic E-state index is -1.50. The lowest BCUT2D eigenvalue weighted by molar-refractivity contribution is -0.309. The van der Waals surface area contributed by atoms with E-state index in [1.165, 1.54) is 6.92 Å². The fraction of sp³-hybridized carbons (Fsp3) is 0.182. The van der Waals surface area contributed by atoms with Gasteiger partial charge in [-0.05, 0) is 70.6 Å². The number of nitrogens with zero attached hydrogens (tertiary/aromatic N) is 1. The van der Waals surface area contributed by atoms with Crippen molar-refractivity contribution >= 4 is 81.5 Å². The van der Waals surface area contributed by atoms with Crippen LogP contribution in [0, 0.1) is 0 Å². The van der Waals surface area contributed by atoms with Crippen LogP contribution in [0.4, 0.5) is 0 Å². The highest BCUT2D eigenvalue weighted by molar-refractivity contribution is 9.15. The van der Waals surface area contributed by atoms with Crippen LogP contribution in [0.25, 0.3) is 0 Å². The second-order valence-corrected chi connectivity index (χ2v) is 7.15. The Hall–Kier alpha value is -0.250. The van der Waals surface area contributed by atoms with Gasteiger partial charge in [-0.1, -0.05) is 0 Å². The van der Waals surface area contributed by atoms with Crippen molar-refractivity contribution in [1.29, 1.82) is 0 Å². The van der Waals surface area contributed by atoms with Gasteiger partial charge < -0.3 is 9.90 Å². The average Bonchev–Trinajstić information content (AvgIpc) is 2.64. The Balaban J connectivity index is 2.73. The molecule has 0 spiro atoms. The third-order valence-corrected chi connectivity index (χ3v) is 7.63. The van der Waals surface area contributed by atoms with E-state index < -0.39 is 23.8 Å². The molecule has 0 radical (unpaired) electrons. The van der Waals surface area contributed by atoms with Gasteiger partial charge in [-0.25, -0.2) is 0 Å². The van der Waals surface area contributed by atoms with E-state index in [-0.39, 0.29) is 11.1 Å². The zero-order chi connectivity index (χ0) is 15.4. The van der Waals surface area contributed by atoms with E-state index in [0.717, 1.165) is 0 Å². The second kappa shape index (κ2) is 5.51. The SMILES string of the molecule is CC(C(=O)[O-])N1C(=O)c2c(Br)c(Br)c(Br)c(Br)c2C1=O. The number of hydrogen-bond acceptors (Lipinski definition) is 4. The van der Waals surface area contributed by atoms with Crippen LogP contribution in [-0.2, 0) is 4.79 Å². The highest BCUT2D eigenvalue weighted by Gasteiger charge is 2.43. The lowest BCUT2D eigenvalue weighted by Gasteiger charge is -2.22. The van der Waals surface area contributed by atoms with Crippen molar-refractivity contribution in [1.82, 2.24) is 4.90 Å². The minimum Gasteiger partial charge on any atom is -0.548 e. The molecule has 0 N–H and O–H groups in total. The van der Waals surface area contributed by atoms with E-state index in [1.54, 1.807) is 0 Å². The molecule has 0 fully saturated rings. The molecule has 1 aromatic rings. The maximum Gasteiger partial charge on any atom is 0.263 e. The molecule has 2 amide bonds. The maximum absolute atomic E-state index is 12.3. The number of halogens is 4. The quantitative estimate of drug-likeness (QED) is 0.333. The first-order chi connectivity index (χ1) is 9.20. The minimum absolute atomic E-state index is 0.116.